The van der Waals surface area contributed by atoms with Gasteiger partial charge in [0.15, 0.2) is 0 Å². The normalized spacial score (nSPS) is 18.6. The minimum atomic E-state index is -3.77. The average molecular weight is 436 g/mol. The van der Waals surface area contributed by atoms with Crippen molar-refractivity contribution in [3.8, 4) is 6.07 Å². The highest BCUT2D eigenvalue weighted by molar-refractivity contribution is 7.89. The molecule has 2 atom stereocenters. The third-order valence-corrected chi connectivity index (χ3v) is 6.97. The predicted octanol–water partition coefficient (Wildman–Crippen LogP) is 3.26. The smallest absolute Gasteiger partial charge is 0.243 e. The van der Waals surface area contributed by atoms with Crippen LogP contribution in [0.1, 0.15) is 24.4 Å². The van der Waals surface area contributed by atoms with Crippen molar-refractivity contribution < 1.29 is 17.6 Å². The van der Waals surface area contributed by atoms with Crippen LogP contribution < -0.4 is 5.32 Å². The molecule has 6 nitrogen and oxygen atoms in total. The van der Waals surface area contributed by atoms with Crippen molar-refractivity contribution in [2.24, 2.45) is 5.92 Å². The summed E-state index contributed by atoms with van der Waals surface area (Å²) >= 11 is 5.82. The lowest BCUT2D eigenvalue weighted by Crippen LogP contribution is -2.46. The fourth-order valence-electron chi connectivity index (χ4n) is 3.28. The number of nitriles is 1. The van der Waals surface area contributed by atoms with Gasteiger partial charge in [-0.25, -0.2) is 12.8 Å². The highest BCUT2D eigenvalue weighted by atomic mass is 35.5. The molecule has 1 fully saturated rings. The molecule has 0 aliphatic carbocycles. The van der Waals surface area contributed by atoms with Crippen LogP contribution in [-0.4, -0.2) is 31.7 Å². The molecule has 0 radical (unpaired) electrons. The van der Waals surface area contributed by atoms with Crippen molar-refractivity contribution in [2.75, 3.05) is 13.1 Å². The third-order valence-electron chi connectivity index (χ3n) is 4.84. The first-order chi connectivity index (χ1) is 13.8. The molecular formula is C20H19ClFN3O3S. The summed E-state index contributed by atoms with van der Waals surface area (Å²) in [6.07, 6.45) is 0.982. The Labute approximate surface area is 173 Å². The summed E-state index contributed by atoms with van der Waals surface area (Å²) in [5, 5.41) is 12.3. The molecule has 2 aromatic carbocycles. The Hall–Kier alpha value is -2.47. The lowest BCUT2D eigenvalue weighted by atomic mass is 9.97. The molecule has 1 aliphatic rings. The van der Waals surface area contributed by atoms with E-state index in [1.54, 1.807) is 6.07 Å². The maximum atomic E-state index is 14.0. The van der Waals surface area contributed by atoms with Crippen LogP contribution in [0.4, 0.5) is 4.39 Å². The summed E-state index contributed by atoms with van der Waals surface area (Å²) in [4.78, 5) is 12.8. The zero-order valence-electron chi connectivity index (χ0n) is 15.4. The lowest BCUT2D eigenvalue weighted by molar-refractivity contribution is -0.126. The maximum absolute atomic E-state index is 14.0. The van der Waals surface area contributed by atoms with E-state index in [4.69, 9.17) is 11.6 Å². The number of hydrogen-bond donors (Lipinski definition) is 1. The number of rotatable bonds is 5. The second-order valence-corrected chi connectivity index (χ2v) is 9.12. The molecule has 2 aromatic rings. The van der Waals surface area contributed by atoms with Gasteiger partial charge in [0.2, 0.25) is 15.9 Å². The molecule has 152 valence electrons. The van der Waals surface area contributed by atoms with Gasteiger partial charge < -0.3 is 5.32 Å². The Bertz CT molecular complexity index is 1040. The van der Waals surface area contributed by atoms with Gasteiger partial charge in [-0.05, 0) is 43.2 Å². The molecule has 1 N–H and O–H groups in total. The molecule has 9 heteroatoms. The first kappa shape index (κ1) is 21.2. The number of hydrogen-bond acceptors (Lipinski definition) is 4. The number of carbonyl (C=O) groups is 1. The molecule has 0 aromatic heterocycles. The third kappa shape index (κ3) is 4.75. The second-order valence-electron chi connectivity index (χ2n) is 6.75. The summed E-state index contributed by atoms with van der Waals surface area (Å²) in [5.41, 5.74) is 0.0739. The number of nitrogens with one attached hydrogen (secondary N) is 1. The average Bonchev–Trinajstić information content (AvgIpc) is 2.73. The van der Waals surface area contributed by atoms with Crippen LogP contribution in [0.3, 0.4) is 0 Å². The summed E-state index contributed by atoms with van der Waals surface area (Å²) in [6, 6.07) is 12.3. The van der Waals surface area contributed by atoms with Gasteiger partial charge in [0, 0.05) is 23.7 Å². The lowest BCUT2D eigenvalue weighted by Gasteiger charge is -2.31. The van der Waals surface area contributed by atoms with Gasteiger partial charge in [0.25, 0.3) is 0 Å². The van der Waals surface area contributed by atoms with Crippen LogP contribution in [0.25, 0.3) is 0 Å². The van der Waals surface area contributed by atoms with E-state index in [0.29, 0.717) is 24.4 Å². The highest BCUT2D eigenvalue weighted by Crippen LogP contribution is 2.26. The van der Waals surface area contributed by atoms with E-state index in [0.717, 1.165) is 0 Å². The quantitative estimate of drug-likeness (QED) is 0.780. The molecule has 2 unspecified atom stereocenters. The van der Waals surface area contributed by atoms with Crippen LogP contribution in [0.15, 0.2) is 53.4 Å². The second kappa shape index (κ2) is 8.91. The largest absolute Gasteiger partial charge is 0.336 e. The minimum Gasteiger partial charge on any atom is -0.336 e. The van der Waals surface area contributed by atoms with Crippen molar-refractivity contribution in [3.05, 3.63) is 64.9 Å². The van der Waals surface area contributed by atoms with Crippen molar-refractivity contribution >= 4 is 27.5 Å². The molecule has 0 saturated carbocycles. The van der Waals surface area contributed by atoms with Crippen molar-refractivity contribution in [1.29, 1.82) is 5.26 Å². The molecule has 1 heterocycles. The zero-order valence-corrected chi connectivity index (χ0v) is 17.0. The van der Waals surface area contributed by atoms with E-state index < -0.39 is 33.7 Å². The first-order valence-electron chi connectivity index (χ1n) is 9.03. The van der Waals surface area contributed by atoms with Crippen LogP contribution in [0.2, 0.25) is 5.02 Å². The van der Waals surface area contributed by atoms with Gasteiger partial charge in [0.1, 0.15) is 11.9 Å². The van der Waals surface area contributed by atoms with Gasteiger partial charge in [-0.2, -0.15) is 9.57 Å². The maximum Gasteiger partial charge on any atom is 0.243 e. The molecule has 3 rings (SSSR count). The fourth-order valence-corrected chi connectivity index (χ4v) is 4.93. The number of sulfonamides is 1. The van der Waals surface area contributed by atoms with Gasteiger partial charge in [-0.1, -0.05) is 29.8 Å². The number of amides is 1. The van der Waals surface area contributed by atoms with E-state index in [-0.39, 0.29) is 17.0 Å². The van der Waals surface area contributed by atoms with Gasteiger partial charge >= 0.3 is 0 Å². The van der Waals surface area contributed by atoms with E-state index in [1.807, 2.05) is 6.07 Å². The zero-order chi connectivity index (χ0) is 21.0. The van der Waals surface area contributed by atoms with E-state index in [2.05, 4.69) is 5.32 Å². The number of piperidine rings is 1. The summed E-state index contributed by atoms with van der Waals surface area (Å²) < 4.78 is 40.9. The van der Waals surface area contributed by atoms with Crippen LogP contribution >= 0.6 is 11.6 Å². The topological polar surface area (TPSA) is 90.3 Å². The van der Waals surface area contributed by atoms with Crippen LogP contribution in [-0.2, 0) is 14.8 Å². The Morgan fingerprint density at radius 3 is 2.59 bits per heavy atom. The van der Waals surface area contributed by atoms with E-state index >= 15 is 0 Å². The van der Waals surface area contributed by atoms with Crippen LogP contribution in [0.5, 0.6) is 0 Å². The van der Waals surface area contributed by atoms with Gasteiger partial charge in [0.05, 0.1) is 16.9 Å². The van der Waals surface area contributed by atoms with Crippen molar-refractivity contribution in [1.82, 2.24) is 9.62 Å². The number of carbonyl (C=O) groups excluding carboxylic acids is 1. The minimum absolute atomic E-state index is 0.00772. The number of halogens is 2. The number of nitrogens with zero attached hydrogens (tertiary/aromatic N) is 2. The molecule has 0 bridgehead atoms. The Kier molecular flexibility index (Phi) is 6.52. The highest BCUT2D eigenvalue weighted by Gasteiger charge is 2.34. The Morgan fingerprint density at radius 2 is 1.93 bits per heavy atom. The monoisotopic (exact) mass is 435 g/mol. The molecular weight excluding hydrogens is 417 g/mol. The standard InChI is InChI=1S/C20H19ClFN3O3S/c21-15-7-9-16(10-8-15)29(27,28)25-11-3-4-14(13-25)20(26)24-19(12-23)17-5-1-2-6-18(17)22/h1-2,5-10,14,19H,3-4,11,13H2,(H,24,26). The van der Waals surface area contributed by atoms with Crippen LogP contribution in [0, 0.1) is 23.1 Å². The molecule has 29 heavy (non-hydrogen) atoms. The first-order valence-corrected chi connectivity index (χ1v) is 10.8. The SMILES string of the molecule is N#CC(NC(=O)C1CCCN(S(=O)(=O)c2ccc(Cl)cc2)C1)c1ccccc1F. The number of benzene rings is 2. The van der Waals surface area contributed by atoms with Gasteiger partial charge in [-0.15, -0.1) is 0 Å². The van der Waals surface area contributed by atoms with E-state index in [1.165, 1.54) is 46.8 Å². The summed E-state index contributed by atoms with van der Waals surface area (Å²) in [5.74, 6) is -1.70. The van der Waals surface area contributed by atoms with E-state index in [9.17, 15) is 22.9 Å². The Balaban J connectivity index is 1.73. The van der Waals surface area contributed by atoms with Gasteiger partial charge in [-0.3, -0.25) is 4.79 Å². The molecule has 1 amide bonds. The fraction of sp³-hybridized carbons (Fsp3) is 0.300. The molecule has 1 aliphatic heterocycles. The Morgan fingerprint density at radius 1 is 1.24 bits per heavy atom. The molecule has 0 spiro atoms. The molecule has 1 saturated heterocycles. The summed E-state index contributed by atoms with van der Waals surface area (Å²) in [7, 11) is -3.77. The van der Waals surface area contributed by atoms with Crippen molar-refractivity contribution in [2.45, 2.75) is 23.8 Å². The predicted molar refractivity (Wildman–Crippen MR) is 106 cm³/mol. The van der Waals surface area contributed by atoms with Crippen molar-refractivity contribution in [3.63, 3.8) is 0 Å². The summed E-state index contributed by atoms with van der Waals surface area (Å²) in [6.45, 7) is 0.288.